The molecule has 9 rings (SSSR count). The normalized spacial score (nSPS) is 11.1. The summed E-state index contributed by atoms with van der Waals surface area (Å²) in [5, 5.41) is 11.8. The van der Waals surface area contributed by atoms with Gasteiger partial charge in [-0.2, -0.15) is 5.26 Å². The Morgan fingerprint density at radius 1 is 0.412 bits per heavy atom. The fourth-order valence-electron chi connectivity index (χ4n) is 6.76. The Bertz CT molecular complexity index is 2730. The predicted molar refractivity (Wildman–Crippen MR) is 212 cm³/mol. The molecule has 0 saturated carbocycles. The van der Waals surface area contributed by atoms with Gasteiger partial charge in [-0.15, -0.1) is 11.3 Å². The van der Waals surface area contributed by atoms with Crippen molar-refractivity contribution in [3.63, 3.8) is 0 Å². The highest BCUT2D eigenvalue weighted by atomic mass is 32.1. The zero-order valence-corrected chi connectivity index (χ0v) is 28.3. The van der Waals surface area contributed by atoms with Crippen LogP contribution in [0.1, 0.15) is 5.56 Å². The first-order valence-electron chi connectivity index (χ1n) is 16.8. The summed E-state index contributed by atoms with van der Waals surface area (Å²) in [5.41, 5.74) is 13.6. The molecule has 0 aliphatic carbocycles. The summed E-state index contributed by atoms with van der Waals surface area (Å²) in [6.45, 7) is 0. The number of rotatable bonds is 6. The molecule has 0 unspecified atom stereocenters. The smallest absolute Gasteiger partial charge is 0.0992 e. The number of hydrogen-bond donors (Lipinski definition) is 0. The minimum atomic E-state index is 0.680. The number of aromatic nitrogens is 2. The number of nitrogens with zero attached hydrogens (tertiary/aromatic N) is 3. The van der Waals surface area contributed by atoms with Crippen molar-refractivity contribution in [2.75, 3.05) is 0 Å². The van der Waals surface area contributed by atoms with Crippen molar-refractivity contribution in [3.05, 3.63) is 182 Å². The van der Waals surface area contributed by atoms with Gasteiger partial charge in [0.25, 0.3) is 0 Å². The molecule has 0 aliphatic rings. The molecule has 3 aromatic heterocycles. The molecule has 9 aromatic rings. The lowest BCUT2D eigenvalue weighted by Crippen LogP contribution is -1.93. The zero-order chi connectivity index (χ0) is 34.1. The third-order valence-electron chi connectivity index (χ3n) is 9.38. The van der Waals surface area contributed by atoms with E-state index < -0.39 is 0 Å². The highest BCUT2D eigenvalue weighted by Crippen LogP contribution is 2.40. The molecule has 3 nitrogen and oxygen atoms in total. The van der Waals surface area contributed by atoms with Gasteiger partial charge in [-0.25, -0.2) is 4.98 Å². The van der Waals surface area contributed by atoms with Gasteiger partial charge in [0.05, 0.1) is 23.0 Å². The Labute approximate surface area is 300 Å². The summed E-state index contributed by atoms with van der Waals surface area (Å²) in [6.07, 6.45) is 3.72. The predicted octanol–water partition coefficient (Wildman–Crippen LogP) is 12.7. The van der Waals surface area contributed by atoms with Gasteiger partial charge in [0.15, 0.2) is 0 Å². The van der Waals surface area contributed by atoms with Gasteiger partial charge in [-0.05, 0) is 93.5 Å². The average molecular weight is 668 g/mol. The minimum absolute atomic E-state index is 0.680. The van der Waals surface area contributed by atoms with E-state index in [1.165, 1.54) is 26.6 Å². The largest absolute Gasteiger partial charge is 0.264 e. The molecule has 0 bridgehead atoms. The number of thiophene rings is 1. The number of benzene rings is 6. The number of fused-ring (bicyclic) bond motifs is 3. The fourth-order valence-corrected chi connectivity index (χ4v) is 7.94. The molecule has 0 aliphatic heterocycles. The van der Waals surface area contributed by atoms with Crippen molar-refractivity contribution in [2.45, 2.75) is 0 Å². The Hall–Kier alpha value is -6.67. The summed E-state index contributed by atoms with van der Waals surface area (Å²) in [7, 11) is 0. The summed E-state index contributed by atoms with van der Waals surface area (Å²) in [6, 6.07) is 59.7. The molecule has 0 atom stereocenters. The van der Waals surface area contributed by atoms with E-state index >= 15 is 0 Å². The van der Waals surface area contributed by atoms with Crippen LogP contribution in [0.5, 0.6) is 0 Å². The average Bonchev–Trinajstić information content (AvgIpc) is 3.58. The van der Waals surface area contributed by atoms with E-state index in [9.17, 15) is 5.26 Å². The van der Waals surface area contributed by atoms with Crippen LogP contribution in [0.4, 0.5) is 0 Å². The molecule has 51 heavy (non-hydrogen) atoms. The Morgan fingerprint density at radius 3 is 1.63 bits per heavy atom. The van der Waals surface area contributed by atoms with Gasteiger partial charge >= 0.3 is 0 Å². The molecule has 3 heterocycles. The second kappa shape index (κ2) is 13.0. The summed E-state index contributed by atoms with van der Waals surface area (Å²) in [4.78, 5) is 9.77. The van der Waals surface area contributed by atoms with E-state index in [1.807, 2.05) is 42.7 Å². The van der Waals surface area contributed by atoms with Crippen LogP contribution in [-0.4, -0.2) is 9.97 Å². The topological polar surface area (TPSA) is 49.6 Å². The van der Waals surface area contributed by atoms with E-state index in [-0.39, 0.29) is 0 Å². The van der Waals surface area contributed by atoms with Gasteiger partial charge in [-0.3, -0.25) is 4.98 Å². The summed E-state index contributed by atoms with van der Waals surface area (Å²) in [5.74, 6) is 0. The van der Waals surface area contributed by atoms with E-state index in [0.29, 0.717) is 5.56 Å². The molecular weight excluding hydrogens is 639 g/mol. The summed E-state index contributed by atoms with van der Waals surface area (Å²) >= 11 is 1.73. The first-order valence-corrected chi connectivity index (χ1v) is 17.7. The van der Waals surface area contributed by atoms with Crippen molar-refractivity contribution in [1.82, 2.24) is 9.97 Å². The zero-order valence-electron chi connectivity index (χ0n) is 27.5. The van der Waals surface area contributed by atoms with Crippen molar-refractivity contribution in [3.8, 4) is 73.1 Å². The molecule has 4 heteroatoms. The van der Waals surface area contributed by atoms with Crippen LogP contribution in [0.15, 0.2) is 176 Å². The van der Waals surface area contributed by atoms with Crippen LogP contribution in [0.3, 0.4) is 0 Å². The summed E-state index contributed by atoms with van der Waals surface area (Å²) < 4.78 is 2.31. The molecule has 6 aromatic carbocycles. The van der Waals surface area contributed by atoms with Gasteiger partial charge in [0.2, 0.25) is 0 Å². The first kappa shape index (κ1) is 30.4. The third kappa shape index (κ3) is 5.97. The van der Waals surface area contributed by atoms with Crippen LogP contribution < -0.4 is 0 Å². The maximum absolute atomic E-state index is 9.47. The Balaban J connectivity index is 1.21. The highest BCUT2D eigenvalue weighted by Gasteiger charge is 2.14. The van der Waals surface area contributed by atoms with E-state index in [2.05, 4.69) is 145 Å². The van der Waals surface area contributed by atoms with Crippen molar-refractivity contribution in [2.24, 2.45) is 0 Å². The third-order valence-corrected chi connectivity index (χ3v) is 10.5. The van der Waals surface area contributed by atoms with E-state index in [4.69, 9.17) is 4.98 Å². The second-order valence-corrected chi connectivity index (χ2v) is 13.7. The van der Waals surface area contributed by atoms with Crippen LogP contribution in [0.25, 0.3) is 87.2 Å². The maximum atomic E-state index is 9.47. The van der Waals surface area contributed by atoms with Crippen LogP contribution >= 0.6 is 11.3 Å². The van der Waals surface area contributed by atoms with Gasteiger partial charge in [0, 0.05) is 49.3 Å². The monoisotopic (exact) mass is 667 g/mol. The quantitative estimate of drug-likeness (QED) is 0.177. The number of hydrogen-bond acceptors (Lipinski definition) is 4. The molecule has 0 radical (unpaired) electrons. The number of nitriles is 1. The molecule has 0 saturated heterocycles. The first-order chi connectivity index (χ1) is 25.2. The lowest BCUT2D eigenvalue weighted by atomic mass is 9.93. The molecule has 0 fully saturated rings. The van der Waals surface area contributed by atoms with Crippen molar-refractivity contribution >= 4 is 31.5 Å². The lowest BCUT2D eigenvalue weighted by Gasteiger charge is -2.14. The second-order valence-electron chi connectivity index (χ2n) is 12.6. The Morgan fingerprint density at radius 2 is 0.941 bits per heavy atom. The van der Waals surface area contributed by atoms with Gasteiger partial charge in [0.1, 0.15) is 0 Å². The van der Waals surface area contributed by atoms with Gasteiger partial charge < -0.3 is 0 Å². The van der Waals surface area contributed by atoms with Crippen LogP contribution in [0, 0.1) is 11.3 Å². The Kier molecular flexibility index (Phi) is 7.74. The van der Waals surface area contributed by atoms with E-state index in [1.54, 1.807) is 11.3 Å². The van der Waals surface area contributed by atoms with Crippen LogP contribution in [-0.2, 0) is 0 Å². The van der Waals surface area contributed by atoms with Crippen molar-refractivity contribution < 1.29 is 0 Å². The highest BCUT2D eigenvalue weighted by molar-refractivity contribution is 7.25. The van der Waals surface area contributed by atoms with E-state index in [0.717, 1.165) is 60.6 Å². The molecular formula is C47H29N3S. The minimum Gasteiger partial charge on any atom is -0.264 e. The lowest BCUT2D eigenvalue weighted by molar-refractivity contribution is 1.31. The number of pyridine rings is 2. The molecule has 238 valence electrons. The molecule has 0 amide bonds. The molecule has 0 N–H and O–H groups in total. The standard InChI is InChI=1S/C47H29N3S/c48-29-31-13-19-42-43-20-18-36(28-47(43)51-46(42)22-31)38-23-39(37-12-7-21-49-30-37)25-41(24-38)45-27-40(33-10-5-2-6-11-33)26-44(50-45)35-16-14-34(15-17-35)32-8-3-1-4-9-32/h1-28,30H. The van der Waals surface area contributed by atoms with Crippen molar-refractivity contribution in [1.29, 1.82) is 5.26 Å². The van der Waals surface area contributed by atoms with Crippen LogP contribution in [0.2, 0.25) is 0 Å². The maximum Gasteiger partial charge on any atom is 0.0992 e. The SMILES string of the molecule is N#Cc1ccc2c(c1)sc1cc(-c3cc(-c4cccnc4)cc(-c4cc(-c5ccccc5)cc(-c5ccc(-c6ccccc6)cc5)n4)c3)ccc12. The fraction of sp³-hybridized carbons (Fsp3) is 0. The molecule has 0 spiro atoms. The van der Waals surface area contributed by atoms with Gasteiger partial charge in [-0.1, -0.05) is 109 Å².